The summed E-state index contributed by atoms with van der Waals surface area (Å²) in [5, 5.41) is 14.8. The number of primary amides is 1. The summed E-state index contributed by atoms with van der Waals surface area (Å²) >= 11 is 0. The van der Waals surface area contributed by atoms with Crippen LogP contribution >= 0.6 is 0 Å². The van der Waals surface area contributed by atoms with Crippen molar-refractivity contribution in [2.24, 2.45) is 5.73 Å². The van der Waals surface area contributed by atoms with Crippen molar-refractivity contribution in [3.8, 4) is 0 Å². The van der Waals surface area contributed by atoms with E-state index in [1.807, 2.05) is 85.8 Å². The van der Waals surface area contributed by atoms with Crippen molar-refractivity contribution < 1.29 is 33.5 Å². The Kier molecular flexibility index (Phi) is 15.7. The molecule has 1 unspecified atom stereocenters. The van der Waals surface area contributed by atoms with Crippen LogP contribution in [0, 0.1) is 6.92 Å². The van der Waals surface area contributed by atoms with E-state index in [9.17, 15) is 28.8 Å². The van der Waals surface area contributed by atoms with Crippen LogP contribution in [0.5, 0.6) is 0 Å². The zero-order valence-corrected chi connectivity index (χ0v) is 33.1. The molecule has 0 radical (unpaired) electrons. The minimum atomic E-state index is -1.15. The average molecular weight is 795 g/mol. The van der Waals surface area contributed by atoms with E-state index in [0.717, 1.165) is 33.2 Å². The number of amides is 7. The molecule has 0 saturated carbocycles. The minimum Gasteiger partial charge on any atom is -0.450 e. The van der Waals surface area contributed by atoms with E-state index in [2.05, 4.69) is 31.6 Å². The van der Waals surface area contributed by atoms with E-state index in [1.165, 1.54) is 4.90 Å². The zero-order valence-electron chi connectivity index (χ0n) is 33.1. The van der Waals surface area contributed by atoms with Gasteiger partial charge in [-0.25, -0.2) is 9.59 Å². The predicted octanol–water partition coefficient (Wildman–Crippen LogP) is 3.49. The summed E-state index contributed by atoms with van der Waals surface area (Å²) in [7, 11) is 0. The first kappa shape index (κ1) is 42.8. The topological polar surface area (TPSA) is 217 Å². The molecule has 1 aliphatic rings. The molecule has 15 heteroatoms. The third-order valence-corrected chi connectivity index (χ3v) is 10.2. The summed E-state index contributed by atoms with van der Waals surface area (Å²) in [5.41, 5.74) is 9.62. The number of carbonyl (C=O) groups is 6. The molecule has 4 aromatic rings. The lowest BCUT2D eigenvalue weighted by atomic mass is 9.97. The Labute approximate surface area is 338 Å². The van der Waals surface area contributed by atoms with E-state index in [-0.39, 0.29) is 45.5 Å². The quantitative estimate of drug-likeness (QED) is 0.0744. The summed E-state index contributed by atoms with van der Waals surface area (Å²) in [4.78, 5) is 85.3. The molecule has 4 atom stereocenters. The molecule has 0 spiro atoms. The zero-order chi connectivity index (χ0) is 41.4. The number of urea groups is 1. The maximum atomic E-state index is 14.4. The predicted molar refractivity (Wildman–Crippen MR) is 219 cm³/mol. The smallest absolute Gasteiger partial charge is 0.407 e. The number of nitrogens with zero attached hydrogens (tertiary/aromatic N) is 1. The number of aryl methyl sites for hydroxylation is 1. The third-order valence-electron chi connectivity index (χ3n) is 10.2. The van der Waals surface area contributed by atoms with Crippen LogP contribution in [0.15, 0.2) is 85.1 Å². The molecule has 0 aliphatic carbocycles. The molecule has 2 heterocycles. The molecule has 308 valence electrons. The molecule has 1 aliphatic heterocycles. The monoisotopic (exact) mass is 794 g/mol. The number of fused-ring (bicyclic) bond motifs is 1. The largest absolute Gasteiger partial charge is 0.450 e. The molecule has 0 bridgehead atoms. The Balaban J connectivity index is 1.38. The lowest BCUT2D eigenvalue weighted by molar-refractivity contribution is -0.144. The second kappa shape index (κ2) is 21.2. The van der Waals surface area contributed by atoms with Crippen molar-refractivity contribution >= 4 is 46.7 Å². The highest BCUT2D eigenvalue weighted by Crippen LogP contribution is 2.22. The molecule has 5 rings (SSSR count). The normalized spacial score (nSPS) is 15.3. The van der Waals surface area contributed by atoms with Crippen molar-refractivity contribution in [1.82, 2.24) is 36.5 Å². The molecular weight excluding hydrogens is 741 g/mol. The van der Waals surface area contributed by atoms with Crippen LogP contribution in [0.3, 0.4) is 0 Å². The number of alkyl carbamates (subject to hydrolysis) is 1. The number of rotatable bonds is 18. The van der Waals surface area contributed by atoms with Crippen LogP contribution in [0.25, 0.3) is 10.9 Å². The lowest BCUT2D eigenvalue weighted by Gasteiger charge is -2.37. The van der Waals surface area contributed by atoms with Crippen LogP contribution in [-0.2, 0) is 43.3 Å². The highest BCUT2D eigenvalue weighted by molar-refractivity contribution is 5.96. The minimum absolute atomic E-state index is 0.0736. The van der Waals surface area contributed by atoms with Gasteiger partial charge in [0, 0.05) is 49.6 Å². The first-order valence-electron chi connectivity index (χ1n) is 19.8. The standard InChI is InChI=1S/C43H54N8O7/c1-3-58-43(57)50-36(24-29-12-5-4-6-13-29)41(55)51-23-10-9-17-37(51)40(54)49-35(25-31-27-46-33-15-8-7-14-32(31)33)39(53)48-34(16-11-22-45-42(44)56)38(52)47-26-30-20-18-28(2)19-21-30/h4-8,12-15,18-21,27,34-37,46H,3,9-11,16-17,22-26H2,1-2H3,(H,47,52)(H,48,53)(H,49,54)(H,50,57)(H3,44,45,56)/t34-,35?,36-,37-/m0/s1. The molecule has 58 heavy (non-hydrogen) atoms. The van der Waals surface area contributed by atoms with Gasteiger partial charge in [0.2, 0.25) is 23.6 Å². The Bertz CT molecular complexity index is 2020. The summed E-state index contributed by atoms with van der Waals surface area (Å²) in [6.45, 7) is 4.44. The van der Waals surface area contributed by atoms with Crippen LogP contribution in [0.4, 0.5) is 9.59 Å². The highest BCUT2D eigenvalue weighted by atomic mass is 16.5. The molecule has 7 amide bonds. The average Bonchev–Trinajstić information content (AvgIpc) is 3.63. The highest BCUT2D eigenvalue weighted by Gasteiger charge is 2.38. The molecule has 1 aromatic heterocycles. The van der Waals surface area contributed by atoms with Gasteiger partial charge in [0.05, 0.1) is 6.61 Å². The van der Waals surface area contributed by atoms with Crippen molar-refractivity contribution in [2.75, 3.05) is 19.7 Å². The molecule has 1 fully saturated rings. The van der Waals surface area contributed by atoms with Gasteiger partial charge in [-0.1, -0.05) is 78.4 Å². The Morgan fingerprint density at radius 2 is 1.55 bits per heavy atom. The van der Waals surface area contributed by atoms with Gasteiger partial charge in [-0.3, -0.25) is 19.2 Å². The van der Waals surface area contributed by atoms with Crippen LogP contribution in [0.1, 0.15) is 61.3 Å². The van der Waals surface area contributed by atoms with Gasteiger partial charge in [0.1, 0.15) is 24.2 Å². The van der Waals surface area contributed by atoms with Crippen molar-refractivity contribution in [3.05, 3.63) is 107 Å². The van der Waals surface area contributed by atoms with Crippen LogP contribution in [-0.4, -0.2) is 89.5 Å². The maximum Gasteiger partial charge on any atom is 0.407 e. The number of aromatic nitrogens is 1. The van der Waals surface area contributed by atoms with Crippen LogP contribution < -0.4 is 32.3 Å². The number of ether oxygens (including phenoxy) is 1. The fourth-order valence-corrected chi connectivity index (χ4v) is 7.11. The molecule has 15 nitrogen and oxygen atoms in total. The van der Waals surface area contributed by atoms with Gasteiger partial charge in [-0.15, -0.1) is 0 Å². The number of nitrogens with two attached hydrogens (primary N) is 1. The SMILES string of the molecule is CCOC(=O)N[C@@H](Cc1ccccc1)C(=O)N1CCCC[C@H]1C(=O)NC(Cc1c[nH]c2ccccc12)C(=O)N[C@@H](CCCNC(N)=O)C(=O)NCc1ccc(C)cc1. The van der Waals surface area contributed by atoms with Crippen LogP contribution in [0.2, 0.25) is 0 Å². The summed E-state index contributed by atoms with van der Waals surface area (Å²) in [5.74, 6) is -2.01. The fraction of sp³-hybridized carbons (Fsp3) is 0.395. The first-order valence-corrected chi connectivity index (χ1v) is 19.8. The Morgan fingerprint density at radius 3 is 2.29 bits per heavy atom. The van der Waals surface area contributed by atoms with Crippen molar-refractivity contribution in [3.63, 3.8) is 0 Å². The number of likely N-dealkylation sites (tertiary alicyclic amines) is 1. The van der Waals surface area contributed by atoms with Gasteiger partial charge in [0.15, 0.2) is 0 Å². The number of aromatic amines is 1. The van der Waals surface area contributed by atoms with E-state index in [1.54, 1.807) is 13.1 Å². The van der Waals surface area contributed by atoms with E-state index >= 15 is 0 Å². The summed E-state index contributed by atoms with van der Waals surface area (Å²) < 4.78 is 5.11. The number of carbonyl (C=O) groups excluding carboxylic acids is 6. The van der Waals surface area contributed by atoms with Crippen molar-refractivity contribution in [2.45, 2.75) is 89.5 Å². The second-order valence-electron chi connectivity index (χ2n) is 14.5. The van der Waals surface area contributed by atoms with Gasteiger partial charge < -0.3 is 46.9 Å². The third kappa shape index (κ3) is 12.3. The van der Waals surface area contributed by atoms with Gasteiger partial charge in [-0.2, -0.15) is 0 Å². The maximum absolute atomic E-state index is 14.4. The van der Waals surface area contributed by atoms with E-state index < -0.39 is 59.9 Å². The van der Waals surface area contributed by atoms with Gasteiger partial charge in [-0.05, 0) is 68.7 Å². The molecule has 1 saturated heterocycles. The van der Waals surface area contributed by atoms with E-state index in [0.29, 0.717) is 25.7 Å². The number of benzene rings is 3. The Hall–Kier alpha value is -6.38. The first-order chi connectivity index (χ1) is 28.0. The van der Waals surface area contributed by atoms with Gasteiger partial charge in [0.25, 0.3) is 0 Å². The van der Waals surface area contributed by atoms with Gasteiger partial charge >= 0.3 is 12.1 Å². The molecule has 3 aromatic carbocycles. The summed E-state index contributed by atoms with van der Waals surface area (Å²) in [6.07, 6.45) is 3.44. The van der Waals surface area contributed by atoms with Crippen molar-refractivity contribution in [1.29, 1.82) is 0 Å². The molecular formula is C43H54N8O7. The number of H-pyrrole nitrogens is 1. The number of hydrogen-bond acceptors (Lipinski definition) is 7. The number of para-hydroxylation sites is 1. The Morgan fingerprint density at radius 1 is 0.810 bits per heavy atom. The second-order valence-corrected chi connectivity index (χ2v) is 14.5. The summed E-state index contributed by atoms with van der Waals surface area (Å²) in [6, 6.07) is 19.7. The van der Waals surface area contributed by atoms with E-state index in [4.69, 9.17) is 10.5 Å². The molecule has 8 N–H and O–H groups in total. The number of nitrogens with one attached hydrogen (secondary N) is 6. The fourth-order valence-electron chi connectivity index (χ4n) is 7.11. The lowest BCUT2D eigenvalue weighted by Crippen LogP contribution is -2.61. The number of hydrogen-bond donors (Lipinski definition) is 7. The number of piperidine rings is 1.